The summed E-state index contributed by atoms with van der Waals surface area (Å²) in [6.45, 7) is 3.76. The van der Waals surface area contributed by atoms with Crippen LogP contribution in [-0.4, -0.2) is 20.4 Å². The predicted molar refractivity (Wildman–Crippen MR) is 94.0 cm³/mol. The standard InChI is InChI=1S/C18H24N2O3S/c1-3-12(2)20-24(22,23)16-8-6-15(7-9-16)19-18(21)17-11-13-4-5-14(17)10-13/h4-9,12-14,17,20H,3,10-11H2,1-2H3,(H,19,21). The van der Waals surface area contributed by atoms with Crippen molar-refractivity contribution in [3.8, 4) is 0 Å². The lowest BCUT2D eigenvalue weighted by molar-refractivity contribution is -0.120. The first-order valence-electron chi connectivity index (χ1n) is 8.50. The number of carbonyl (C=O) groups excluding carboxylic acids is 1. The van der Waals surface area contributed by atoms with E-state index in [0.717, 1.165) is 19.3 Å². The minimum Gasteiger partial charge on any atom is -0.326 e. The summed E-state index contributed by atoms with van der Waals surface area (Å²) in [6, 6.07) is 6.24. The van der Waals surface area contributed by atoms with Crippen LogP contribution >= 0.6 is 0 Å². The van der Waals surface area contributed by atoms with Crippen LogP contribution in [0.5, 0.6) is 0 Å². The number of nitrogens with one attached hydrogen (secondary N) is 2. The molecule has 2 aliphatic rings. The SMILES string of the molecule is CCC(C)NS(=O)(=O)c1ccc(NC(=O)C2CC3C=CC2C3)cc1. The third-order valence-corrected chi connectivity index (χ3v) is 6.62. The fraction of sp³-hybridized carbons (Fsp3) is 0.500. The second-order valence-electron chi connectivity index (χ2n) is 6.83. The molecule has 3 rings (SSSR count). The number of amides is 1. The molecule has 1 aromatic carbocycles. The number of hydrogen-bond donors (Lipinski definition) is 2. The maximum absolute atomic E-state index is 12.4. The Kier molecular flexibility index (Phi) is 4.78. The van der Waals surface area contributed by atoms with Crippen molar-refractivity contribution in [1.82, 2.24) is 4.72 Å². The number of sulfonamides is 1. The summed E-state index contributed by atoms with van der Waals surface area (Å²) in [5.74, 6) is 0.968. The Morgan fingerprint density at radius 2 is 1.92 bits per heavy atom. The lowest BCUT2D eigenvalue weighted by Crippen LogP contribution is -2.32. The highest BCUT2D eigenvalue weighted by Gasteiger charge is 2.39. The molecule has 0 aliphatic heterocycles. The van der Waals surface area contributed by atoms with Crippen LogP contribution in [0.3, 0.4) is 0 Å². The summed E-state index contributed by atoms with van der Waals surface area (Å²) in [7, 11) is -3.51. The van der Waals surface area contributed by atoms with E-state index in [1.807, 2.05) is 13.8 Å². The number of anilines is 1. The van der Waals surface area contributed by atoms with E-state index >= 15 is 0 Å². The molecule has 6 heteroatoms. The molecule has 1 fully saturated rings. The summed E-state index contributed by atoms with van der Waals surface area (Å²) >= 11 is 0. The van der Waals surface area contributed by atoms with Gasteiger partial charge in [-0.3, -0.25) is 4.79 Å². The molecular formula is C18H24N2O3S. The van der Waals surface area contributed by atoms with Crippen molar-refractivity contribution in [2.24, 2.45) is 17.8 Å². The molecule has 0 spiro atoms. The molecule has 4 unspecified atom stereocenters. The number of rotatable bonds is 6. The van der Waals surface area contributed by atoms with Crippen molar-refractivity contribution in [2.75, 3.05) is 5.32 Å². The molecule has 24 heavy (non-hydrogen) atoms. The van der Waals surface area contributed by atoms with E-state index < -0.39 is 10.0 Å². The average Bonchev–Trinajstić information content (AvgIpc) is 3.18. The Morgan fingerprint density at radius 1 is 1.21 bits per heavy atom. The third-order valence-electron chi connectivity index (χ3n) is 5.02. The molecule has 0 radical (unpaired) electrons. The molecule has 1 aromatic rings. The third kappa shape index (κ3) is 3.54. The summed E-state index contributed by atoms with van der Waals surface area (Å²) in [5, 5.41) is 2.91. The maximum atomic E-state index is 12.4. The number of hydrogen-bond acceptors (Lipinski definition) is 3. The molecule has 2 aliphatic carbocycles. The van der Waals surface area contributed by atoms with Crippen LogP contribution in [0, 0.1) is 17.8 Å². The van der Waals surface area contributed by atoms with Crippen LogP contribution in [0.15, 0.2) is 41.3 Å². The Balaban J connectivity index is 1.64. The number of fused-ring (bicyclic) bond motifs is 2. The summed E-state index contributed by atoms with van der Waals surface area (Å²) in [5.41, 5.74) is 0.634. The summed E-state index contributed by atoms with van der Waals surface area (Å²) in [6.07, 6.45) is 7.08. The van der Waals surface area contributed by atoms with Gasteiger partial charge in [0.05, 0.1) is 4.90 Å². The highest BCUT2D eigenvalue weighted by atomic mass is 32.2. The summed E-state index contributed by atoms with van der Waals surface area (Å²) < 4.78 is 27.1. The van der Waals surface area contributed by atoms with Gasteiger partial charge in [0, 0.05) is 17.6 Å². The van der Waals surface area contributed by atoms with Crippen molar-refractivity contribution in [1.29, 1.82) is 0 Å². The zero-order valence-corrected chi connectivity index (χ0v) is 14.8. The predicted octanol–water partition coefficient (Wildman–Crippen LogP) is 2.91. The second-order valence-corrected chi connectivity index (χ2v) is 8.54. The Bertz CT molecular complexity index is 740. The quantitative estimate of drug-likeness (QED) is 0.776. The highest BCUT2D eigenvalue weighted by Crippen LogP contribution is 2.43. The van der Waals surface area contributed by atoms with E-state index in [2.05, 4.69) is 22.2 Å². The number of benzene rings is 1. The highest BCUT2D eigenvalue weighted by molar-refractivity contribution is 7.89. The van der Waals surface area contributed by atoms with Gasteiger partial charge in [-0.15, -0.1) is 0 Å². The van der Waals surface area contributed by atoms with E-state index in [1.54, 1.807) is 12.1 Å². The Labute approximate surface area is 143 Å². The van der Waals surface area contributed by atoms with Gasteiger partial charge in [0.15, 0.2) is 0 Å². The lowest BCUT2D eigenvalue weighted by atomic mass is 9.93. The van der Waals surface area contributed by atoms with E-state index in [9.17, 15) is 13.2 Å². The normalized spacial score (nSPS) is 26.5. The molecule has 1 amide bonds. The molecule has 2 bridgehead atoms. The van der Waals surface area contributed by atoms with E-state index in [1.165, 1.54) is 12.1 Å². The zero-order chi connectivity index (χ0) is 17.3. The number of carbonyl (C=O) groups is 1. The lowest BCUT2D eigenvalue weighted by Gasteiger charge is -2.18. The van der Waals surface area contributed by atoms with Gasteiger partial charge in [-0.05, 0) is 62.3 Å². The van der Waals surface area contributed by atoms with Crippen molar-refractivity contribution in [3.63, 3.8) is 0 Å². The monoisotopic (exact) mass is 348 g/mol. The summed E-state index contributed by atoms with van der Waals surface area (Å²) in [4.78, 5) is 12.6. The topological polar surface area (TPSA) is 75.3 Å². The first-order chi connectivity index (χ1) is 11.4. The van der Waals surface area contributed by atoms with Gasteiger partial charge < -0.3 is 5.32 Å². The minimum atomic E-state index is -3.51. The van der Waals surface area contributed by atoms with Crippen molar-refractivity contribution in [3.05, 3.63) is 36.4 Å². The molecule has 130 valence electrons. The van der Waals surface area contributed by atoms with Crippen LogP contribution in [-0.2, 0) is 14.8 Å². The van der Waals surface area contributed by atoms with Gasteiger partial charge in [0.1, 0.15) is 0 Å². The minimum absolute atomic E-state index is 0.0280. The van der Waals surface area contributed by atoms with Crippen LogP contribution in [0.4, 0.5) is 5.69 Å². The van der Waals surface area contributed by atoms with Gasteiger partial charge in [0.25, 0.3) is 0 Å². The fourth-order valence-corrected chi connectivity index (χ4v) is 4.78. The molecule has 5 nitrogen and oxygen atoms in total. The molecule has 2 N–H and O–H groups in total. The van der Waals surface area contributed by atoms with Crippen LogP contribution in [0.2, 0.25) is 0 Å². The van der Waals surface area contributed by atoms with Crippen LogP contribution in [0.25, 0.3) is 0 Å². The second kappa shape index (κ2) is 6.69. The molecule has 0 heterocycles. The van der Waals surface area contributed by atoms with Crippen molar-refractivity contribution < 1.29 is 13.2 Å². The molecule has 0 saturated heterocycles. The van der Waals surface area contributed by atoms with Gasteiger partial charge in [-0.2, -0.15) is 0 Å². The van der Waals surface area contributed by atoms with Gasteiger partial charge in [-0.1, -0.05) is 19.1 Å². The van der Waals surface area contributed by atoms with E-state index in [4.69, 9.17) is 0 Å². The van der Waals surface area contributed by atoms with Crippen LogP contribution in [0.1, 0.15) is 33.1 Å². The molecule has 1 saturated carbocycles. The smallest absolute Gasteiger partial charge is 0.240 e. The van der Waals surface area contributed by atoms with E-state index in [-0.39, 0.29) is 22.8 Å². The largest absolute Gasteiger partial charge is 0.326 e. The van der Waals surface area contributed by atoms with Gasteiger partial charge >= 0.3 is 0 Å². The zero-order valence-electron chi connectivity index (χ0n) is 14.0. The molecular weight excluding hydrogens is 324 g/mol. The fourth-order valence-electron chi connectivity index (χ4n) is 3.45. The van der Waals surface area contributed by atoms with Crippen molar-refractivity contribution in [2.45, 2.75) is 44.0 Å². The Morgan fingerprint density at radius 3 is 2.46 bits per heavy atom. The van der Waals surface area contributed by atoms with E-state index in [0.29, 0.717) is 17.5 Å². The van der Waals surface area contributed by atoms with Gasteiger partial charge in [-0.25, -0.2) is 13.1 Å². The first-order valence-corrected chi connectivity index (χ1v) is 9.99. The molecule has 4 atom stereocenters. The number of allylic oxidation sites excluding steroid dienone is 2. The first kappa shape index (κ1) is 17.2. The van der Waals surface area contributed by atoms with Gasteiger partial charge in [0.2, 0.25) is 15.9 Å². The van der Waals surface area contributed by atoms with Crippen LogP contribution < -0.4 is 10.0 Å². The van der Waals surface area contributed by atoms with Crippen molar-refractivity contribution >= 4 is 21.6 Å². The maximum Gasteiger partial charge on any atom is 0.240 e. The molecule has 0 aromatic heterocycles. The Hall–Kier alpha value is -1.66. The average molecular weight is 348 g/mol.